The summed E-state index contributed by atoms with van der Waals surface area (Å²) in [6.45, 7) is 2.69. The number of anilines is 1. The summed E-state index contributed by atoms with van der Waals surface area (Å²) in [4.78, 5) is 12.2. The van der Waals surface area contributed by atoms with E-state index in [1.54, 1.807) is 24.3 Å². The fraction of sp³-hybridized carbons (Fsp3) is 0.533. The van der Waals surface area contributed by atoms with Gasteiger partial charge < -0.3 is 5.32 Å². The van der Waals surface area contributed by atoms with Crippen molar-refractivity contribution < 1.29 is 13.2 Å². The molecular weight excluding hydrogens is 324 g/mol. The summed E-state index contributed by atoms with van der Waals surface area (Å²) >= 11 is 5.81. The van der Waals surface area contributed by atoms with E-state index >= 15 is 0 Å². The molecule has 0 aliphatic carbocycles. The minimum Gasteiger partial charge on any atom is -0.326 e. The highest BCUT2D eigenvalue weighted by molar-refractivity contribution is 7.89. The van der Waals surface area contributed by atoms with Gasteiger partial charge in [-0.25, -0.2) is 12.7 Å². The molecule has 1 aromatic carbocycles. The van der Waals surface area contributed by atoms with Crippen LogP contribution in [0.4, 0.5) is 5.69 Å². The lowest BCUT2D eigenvalue weighted by Crippen LogP contribution is -2.42. The van der Waals surface area contributed by atoms with Crippen LogP contribution in [0.5, 0.6) is 0 Å². The second-order valence-corrected chi connectivity index (χ2v) is 8.01. The lowest BCUT2D eigenvalue weighted by Gasteiger charge is -2.30. The average molecular weight is 345 g/mol. The van der Waals surface area contributed by atoms with Crippen molar-refractivity contribution in [2.24, 2.45) is 5.92 Å². The fourth-order valence-corrected chi connectivity index (χ4v) is 4.23. The molecule has 0 aromatic heterocycles. The molecule has 7 heteroatoms. The van der Waals surface area contributed by atoms with Crippen LogP contribution in [0.3, 0.4) is 0 Å². The van der Waals surface area contributed by atoms with E-state index in [1.165, 1.54) is 4.31 Å². The molecule has 0 bridgehead atoms. The number of sulfonamides is 1. The van der Waals surface area contributed by atoms with Crippen LogP contribution in [0.15, 0.2) is 24.3 Å². The third kappa shape index (κ3) is 4.44. The number of nitrogens with zero attached hydrogens (tertiary/aromatic N) is 1. The first-order valence-electron chi connectivity index (χ1n) is 7.46. The van der Waals surface area contributed by atoms with E-state index in [1.807, 2.05) is 6.92 Å². The highest BCUT2D eigenvalue weighted by atomic mass is 35.5. The average Bonchev–Trinajstić information content (AvgIpc) is 2.49. The third-order valence-corrected chi connectivity index (χ3v) is 6.12. The monoisotopic (exact) mass is 344 g/mol. The van der Waals surface area contributed by atoms with Gasteiger partial charge in [0.1, 0.15) is 0 Å². The van der Waals surface area contributed by atoms with Crippen LogP contribution in [0.2, 0.25) is 5.02 Å². The predicted octanol–water partition coefficient (Wildman–Crippen LogP) is 2.73. The summed E-state index contributed by atoms with van der Waals surface area (Å²) in [6.07, 6.45) is 1.73. The van der Waals surface area contributed by atoms with Crippen molar-refractivity contribution in [3.63, 3.8) is 0 Å². The number of carbonyl (C=O) groups is 1. The largest absolute Gasteiger partial charge is 0.326 e. The van der Waals surface area contributed by atoms with Gasteiger partial charge in [0.2, 0.25) is 15.9 Å². The standard InChI is InChI=1S/C15H21ClN2O3S/c1-2-11-22(20,21)18-9-7-12(8-10-18)15(19)17-14-5-3-13(16)4-6-14/h3-6,12H,2,7-11H2,1H3,(H,17,19). The Hall–Kier alpha value is -1.11. The highest BCUT2D eigenvalue weighted by Gasteiger charge is 2.30. The van der Waals surface area contributed by atoms with Crippen molar-refractivity contribution in [3.05, 3.63) is 29.3 Å². The first-order chi connectivity index (χ1) is 10.4. The molecule has 1 aromatic rings. The Labute approximate surface area is 136 Å². The second kappa shape index (κ2) is 7.44. The van der Waals surface area contributed by atoms with Crippen LogP contribution < -0.4 is 5.32 Å². The highest BCUT2D eigenvalue weighted by Crippen LogP contribution is 2.22. The number of nitrogens with one attached hydrogen (secondary N) is 1. The van der Waals surface area contributed by atoms with E-state index in [4.69, 9.17) is 11.6 Å². The number of rotatable bonds is 5. The van der Waals surface area contributed by atoms with Gasteiger partial charge in [0.05, 0.1) is 5.75 Å². The summed E-state index contributed by atoms with van der Waals surface area (Å²) in [5.74, 6) is -0.0344. The second-order valence-electron chi connectivity index (χ2n) is 5.49. The normalized spacial score (nSPS) is 17.4. The first-order valence-corrected chi connectivity index (χ1v) is 9.45. The van der Waals surface area contributed by atoms with Crippen molar-refractivity contribution in [2.75, 3.05) is 24.2 Å². The van der Waals surface area contributed by atoms with Crippen LogP contribution in [-0.4, -0.2) is 37.5 Å². The number of hydrogen-bond donors (Lipinski definition) is 1. The summed E-state index contributed by atoms with van der Waals surface area (Å²) in [7, 11) is -3.16. The van der Waals surface area contributed by atoms with Gasteiger partial charge in [0.15, 0.2) is 0 Å². The molecule has 5 nitrogen and oxygen atoms in total. The predicted molar refractivity (Wildman–Crippen MR) is 88.5 cm³/mol. The molecule has 2 rings (SSSR count). The van der Waals surface area contributed by atoms with Gasteiger partial charge in [-0.2, -0.15) is 0 Å². The number of halogens is 1. The molecule has 0 atom stereocenters. The maximum Gasteiger partial charge on any atom is 0.227 e. The fourth-order valence-electron chi connectivity index (χ4n) is 2.56. The lowest BCUT2D eigenvalue weighted by atomic mass is 9.97. The summed E-state index contributed by atoms with van der Waals surface area (Å²) in [5, 5.41) is 3.47. The zero-order chi connectivity index (χ0) is 16.2. The molecule has 0 saturated carbocycles. The van der Waals surface area contributed by atoms with Gasteiger partial charge in [0.25, 0.3) is 0 Å². The Kier molecular flexibility index (Phi) is 5.83. The molecule has 1 aliphatic rings. The van der Waals surface area contributed by atoms with Crippen molar-refractivity contribution in [1.82, 2.24) is 4.31 Å². The zero-order valence-corrected chi connectivity index (χ0v) is 14.2. The number of piperidine rings is 1. The minimum atomic E-state index is -3.16. The molecule has 122 valence electrons. The minimum absolute atomic E-state index is 0.0603. The topological polar surface area (TPSA) is 66.5 Å². The molecule has 1 heterocycles. The van der Waals surface area contributed by atoms with Crippen LogP contribution in [-0.2, 0) is 14.8 Å². The van der Waals surface area contributed by atoms with E-state index in [-0.39, 0.29) is 17.6 Å². The molecule has 1 fully saturated rings. The van der Waals surface area contributed by atoms with E-state index in [2.05, 4.69) is 5.32 Å². The van der Waals surface area contributed by atoms with Gasteiger partial charge in [-0.15, -0.1) is 0 Å². The van der Waals surface area contributed by atoms with E-state index in [0.717, 1.165) is 0 Å². The molecule has 22 heavy (non-hydrogen) atoms. The van der Waals surface area contributed by atoms with E-state index < -0.39 is 10.0 Å². The van der Waals surface area contributed by atoms with Crippen molar-refractivity contribution in [1.29, 1.82) is 0 Å². The zero-order valence-electron chi connectivity index (χ0n) is 12.6. The number of hydrogen-bond acceptors (Lipinski definition) is 3. The Balaban J connectivity index is 1.88. The first kappa shape index (κ1) is 17.2. The Morgan fingerprint density at radius 1 is 1.27 bits per heavy atom. The van der Waals surface area contributed by atoms with Crippen molar-refractivity contribution in [3.8, 4) is 0 Å². The lowest BCUT2D eigenvalue weighted by molar-refractivity contribution is -0.120. The van der Waals surface area contributed by atoms with E-state index in [0.29, 0.717) is 43.1 Å². The Morgan fingerprint density at radius 2 is 1.86 bits per heavy atom. The maximum atomic E-state index is 12.2. The molecule has 1 N–H and O–H groups in total. The number of benzene rings is 1. The van der Waals surface area contributed by atoms with Gasteiger partial charge in [-0.3, -0.25) is 4.79 Å². The summed E-state index contributed by atoms with van der Waals surface area (Å²) < 4.78 is 25.5. The molecule has 1 amide bonds. The van der Waals surface area contributed by atoms with Crippen LogP contribution in [0.25, 0.3) is 0 Å². The number of carbonyl (C=O) groups excluding carboxylic acids is 1. The third-order valence-electron chi connectivity index (χ3n) is 3.79. The van der Waals surface area contributed by atoms with Gasteiger partial charge in [0, 0.05) is 29.7 Å². The molecule has 0 radical (unpaired) electrons. The molecule has 0 unspecified atom stereocenters. The van der Waals surface area contributed by atoms with Crippen molar-refractivity contribution >= 4 is 33.2 Å². The van der Waals surface area contributed by atoms with Gasteiger partial charge >= 0.3 is 0 Å². The molecule has 0 spiro atoms. The summed E-state index contributed by atoms with van der Waals surface area (Å²) in [5.41, 5.74) is 0.704. The molecule has 1 saturated heterocycles. The Bertz CT molecular complexity index is 608. The van der Waals surface area contributed by atoms with Crippen LogP contribution in [0.1, 0.15) is 26.2 Å². The van der Waals surface area contributed by atoms with Gasteiger partial charge in [-0.1, -0.05) is 18.5 Å². The van der Waals surface area contributed by atoms with Crippen LogP contribution >= 0.6 is 11.6 Å². The number of amides is 1. The summed E-state index contributed by atoms with van der Waals surface area (Å²) in [6, 6.07) is 6.94. The Morgan fingerprint density at radius 3 is 2.41 bits per heavy atom. The van der Waals surface area contributed by atoms with E-state index in [9.17, 15) is 13.2 Å². The van der Waals surface area contributed by atoms with Crippen molar-refractivity contribution in [2.45, 2.75) is 26.2 Å². The molecule has 1 aliphatic heterocycles. The quantitative estimate of drug-likeness (QED) is 0.893. The molecular formula is C15H21ClN2O3S. The smallest absolute Gasteiger partial charge is 0.227 e. The SMILES string of the molecule is CCCS(=O)(=O)N1CCC(C(=O)Nc2ccc(Cl)cc2)CC1. The maximum absolute atomic E-state index is 12.2. The van der Waals surface area contributed by atoms with Gasteiger partial charge in [-0.05, 0) is 43.5 Å². The van der Waals surface area contributed by atoms with Crippen LogP contribution in [0, 0.1) is 5.92 Å².